The molecule has 3 saturated heterocycles. The van der Waals surface area contributed by atoms with Crippen molar-refractivity contribution >= 4 is 121 Å². The molecule has 0 aliphatic carbocycles. The van der Waals surface area contributed by atoms with E-state index in [1.807, 2.05) is 114 Å². The zero-order chi connectivity index (χ0) is 58.8. The Morgan fingerprint density at radius 1 is 0.588 bits per heavy atom. The third-order valence-corrected chi connectivity index (χ3v) is 15.6. The van der Waals surface area contributed by atoms with Crippen molar-refractivity contribution in [1.82, 2.24) is 59.4 Å². The van der Waals surface area contributed by atoms with Crippen LogP contribution >= 0.6 is 46.4 Å². The van der Waals surface area contributed by atoms with Gasteiger partial charge in [0.05, 0.1) is 12.4 Å². The first-order valence-corrected chi connectivity index (χ1v) is 28.3. The van der Waals surface area contributed by atoms with E-state index in [4.69, 9.17) is 56.5 Å². The van der Waals surface area contributed by atoms with E-state index in [0.717, 1.165) is 129 Å². The average Bonchev–Trinajstić information content (AvgIpc) is 2.89. The normalized spacial score (nSPS) is 13.8. The molecule has 21 nitrogen and oxygen atoms in total. The van der Waals surface area contributed by atoms with Gasteiger partial charge < -0.3 is 41.0 Å². The SMILES string of the molecule is Cc1cc(N2CCN(C(=O)CCl)CC2)ccc1Cl.Cc1cc(N2CCN(C(=O)Cn3cc4cccnc4n3)CC2)ccc1Cl.Cc1cc(N2CCN(C(=O)Cn3ncc4cccnc43)CC2)ccc1Cl.O=CO[O-].[H-].[K+].[K+].c1cnc2[nH]ncc2c1. The first kappa shape index (κ1) is 69.3. The van der Waals surface area contributed by atoms with E-state index in [0.29, 0.717) is 31.8 Å². The van der Waals surface area contributed by atoms with Crippen LogP contribution < -0.4 is 123 Å². The van der Waals surface area contributed by atoms with E-state index < -0.39 is 0 Å². The number of amides is 3. The molecule has 12 rings (SSSR count). The minimum Gasteiger partial charge on any atom is -1.00 e. The first-order chi connectivity index (χ1) is 40.2. The van der Waals surface area contributed by atoms with Gasteiger partial charge in [-0.1, -0.05) is 34.8 Å². The molecule has 3 aliphatic heterocycles. The molecule has 0 bridgehead atoms. The van der Waals surface area contributed by atoms with Gasteiger partial charge in [0.2, 0.25) is 17.7 Å². The number of nitrogens with zero attached hydrogens (tertiary/aromatic N) is 14. The van der Waals surface area contributed by atoms with Crippen molar-refractivity contribution in [2.75, 3.05) is 99.1 Å². The third kappa shape index (κ3) is 19.6. The Balaban J connectivity index is 0.000000212. The Labute approximate surface area is 599 Å². The fourth-order valence-electron chi connectivity index (χ4n) is 9.46. The molecule has 9 aromatic rings. The molecule has 3 amide bonds. The number of carbonyl (C=O) groups is 4. The summed E-state index contributed by atoms with van der Waals surface area (Å²) in [5.41, 5.74) is 8.95. The maximum atomic E-state index is 12.7. The predicted molar refractivity (Wildman–Crippen MR) is 323 cm³/mol. The molecule has 3 fully saturated rings. The molecule has 0 spiro atoms. The van der Waals surface area contributed by atoms with Crippen molar-refractivity contribution in [2.24, 2.45) is 0 Å². The van der Waals surface area contributed by atoms with Gasteiger partial charge in [0.15, 0.2) is 16.9 Å². The summed E-state index contributed by atoms with van der Waals surface area (Å²) in [5.74, 6) is 0.251. The molecule has 1 N–H and O–H groups in total. The van der Waals surface area contributed by atoms with Crippen molar-refractivity contribution in [1.29, 1.82) is 0 Å². The van der Waals surface area contributed by atoms with Gasteiger partial charge in [0.1, 0.15) is 19.0 Å². The number of benzene rings is 3. The van der Waals surface area contributed by atoms with Crippen molar-refractivity contribution in [3.05, 3.63) is 160 Å². The summed E-state index contributed by atoms with van der Waals surface area (Å²) in [4.78, 5) is 73.0. The fourth-order valence-corrected chi connectivity index (χ4v) is 9.98. The zero-order valence-corrected chi connectivity index (χ0v) is 57.3. The standard InChI is InChI=1S/2C19H20ClN5O.C13H16Cl2N2O.C6H5N3.CH2O3.2K.H/c1-14-11-16(4-5-17(14)20)23-7-9-24(10-8-23)18(26)13-25-12-15-3-2-6-21-19(15)22-25;1-14-11-16(4-5-17(14)20)23-7-9-24(10-8-23)18(26)13-25-19-15(12-22-25)3-2-6-21-19;1-10-8-11(2-3-12(10)15)16-4-6-17(7-5-16)13(18)9-14;1-2-5-4-8-9-6(5)7-3-1;2-1-4-3;;;/h2*2-6,11-12H,7-10,13H2,1H3;2-3,8H,4-7,9H2,1H3;1-4H,(H,7,8,9);1,3H;;;/q;;;;;2*+1;-1/p-1. The number of nitrogens with one attached hydrogen (secondary N) is 1. The fraction of sp³-hybridized carbons (Fsp3) is 0.310. The number of aryl methyl sites for hydroxylation is 3. The van der Waals surface area contributed by atoms with Gasteiger partial charge in [0, 0.05) is 152 Å². The summed E-state index contributed by atoms with van der Waals surface area (Å²) >= 11 is 23.8. The van der Waals surface area contributed by atoms with Crippen LogP contribution in [0.3, 0.4) is 0 Å². The molecular weight excluding hydrogens is 1220 g/mol. The maximum Gasteiger partial charge on any atom is 1.00 e. The number of alkyl halides is 1. The summed E-state index contributed by atoms with van der Waals surface area (Å²) in [6.45, 7) is 15.5. The van der Waals surface area contributed by atoms with Gasteiger partial charge >= 0.3 is 103 Å². The minimum absolute atomic E-state index is 0. The maximum absolute atomic E-state index is 12.7. The monoisotopic (exact) mass is 1280 g/mol. The van der Waals surface area contributed by atoms with E-state index in [-0.39, 0.29) is 147 Å². The van der Waals surface area contributed by atoms with E-state index in [1.54, 1.807) is 40.3 Å². The van der Waals surface area contributed by atoms with Crippen LogP contribution in [0.25, 0.3) is 33.1 Å². The van der Waals surface area contributed by atoms with Crippen LogP contribution in [0.4, 0.5) is 17.1 Å². The molecule has 436 valence electrons. The van der Waals surface area contributed by atoms with Crippen LogP contribution in [-0.4, -0.2) is 168 Å². The molecule has 3 aromatic carbocycles. The Bertz CT molecular complexity index is 3560. The average molecular weight is 1290 g/mol. The summed E-state index contributed by atoms with van der Waals surface area (Å²) in [7, 11) is 0. The number of pyridine rings is 3. The number of hydrogen-bond donors (Lipinski definition) is 1. The summed E-state index contributed by atoms with van der Waals surface area (Å²) in [6.07, 6.45) is 10.5. The number of rotatable bonds is 9. The Kier molecular flexibility index (Phi) is 28.3. The number of carbonyl (C=O) groups excluding carboxylic acids is 4. The van der Waals surface area contributed by atoms with Crippen molar-refractivity contribution in [2.45, 2.75) is 33.9 Å². The molecule has 0 atom stereocenters. The number of aromatic amines is 1. The number of anilines is 3. The first-order valence-electron chi connectivity index (χ1n) is 26.7. The van der Waals surface area contributed by atoms with E-state index in [1.165, 1.54) is 0 Å². The van der Waals surface area contributed by atoms with Gasteiger partial charge in [-0.05, 0) is 128 Å². The van der Waals surface area contributed by atoms with Gasteiger partial charge in [-0.25, -0.2) is 19.6 Å². The van der Waals surface area contributed by atoms with Crippen LogP contribution in [0.15, 0.2) is 128 Å². The number of halogens is 4. The third-order valence-electron chi connectivity index (χ3n) is 14.1. The Morgan fingerprint density at radius 2 is 1.02 bits per heavy atom. The Morgan fingerprint density at radius 3 is 1.47 bits per heavy atom. The molecule has 3 aliphatic rings. The van der Waals surface area contributed by atoms with E-state index >= 15 is 0 Å². The van der Waals surface area contributed by atoms with E-state index in [2.05, 4.69) is 73.1 Å². The molecular formula is C58H63Cl4K2N15O6. The molecule has 6 aromatic heterocycles. The second kappa shape index (κ2) is 34.7. The van der Waals surface area contributed by atoms with Gasteiger partial charge in [-0.3, -0.25) is 29.0 Å². The smallest absolute Gasteiger partial charge is 1.00 e. The molecule has 0 saturated carbocycles. The van der Waals surface area contributed by atoms with Crippen LogP contribution in [0.2, 0.25) is 15.1 Å². The zero-order valence-electron chi connectivity index (χ0n) is 49.0. The minimum atomic E-state index is -0.181. The number of aromatic nitrogens is 9. The van der Waals surface area contributed by atoms with E-state index in [9.17, 15) is 14.4 Å². The number of H-pyrrole nitrogens is 1. The van der Waals surface area contributed by atoms with Gasteiger partial charge in [-0.15, -0.1) is 11.6 Å². The van der Waals surface area contributed by atoms with Crippen molar-refractivity contribution < 1.29 is 134 Å². The predicted octanol–water partition coefficient (Wildman–Crippen LogP) is 1.53. The molecule has 0 unspecified atom stereocenters. The molecule has 85 heavy (non-hydrogen) atoms. The summed E-state index contributed by atoms with van der Waals surface area (Å²) < 4.78 is 3.35. The Hall–Kier alpha value is -4.81. The molecule has 9 heterocycles. The molecule has 0 radical (unpaired) electrons. The summed E-state index contributed by atoms with van der Waals surface area (Å²) in [6, 6.07) is 29.6. The topological polar surface area (TPSA) is 223 Å². The second-order valence-corrected chi connectivity index (χ2v) is 21.0. The van der Waals surface area contributed by atoms with Crippen LogP contribution in [0.1, 0.15) is 18.1 Å². The van der Waals surface area contributed by atoms with Gasteiger partial charge in [-0.2, -0.15) is 15.3 Å². The van der Waals surface area contributed by atoms with Gasteiger partial charge in [0.25, 0.3) is 6.47 Å². The quantitative estimate of drug-likeness (QED) is 0.0712. The second-order valence-electron chi connectivity index (χ2n) is 19.5. The number of piperazine rings is 3. The van der Waals surface area contributed by atoms with Crippen molar-refractivity contribution in [3.8, 4) is 0 Å². The summed E-state index contributed by atoms with van der Waals surface area (Å²) in [5, 5.41) is 29.0. The van der Waals surface area contributed by atoms with Crippen molar-refractivity contribution in [3.63, 3.8) is 0 Å². The van der Waals surface area contributed by atoms with Crippen LogP contribution in [0.5, 0.6) is 0 Å². The molecule has 27 heteroatoms. The largest absolute Gasteiger partial charge is 1.00 e. The number of hydrogen-bond acceptors (Lipinski definition) is 15. The number of fused-ring (bicyclic) bond motifs is 3. The van der Waals surface area contributed by atoms with Crippen LogP contribution in [-0.2, 0) is 37.2 Å². The van der Waals surface area contributed by atoms with Crippen LogP contribution in [0, 0.1) is 20.8 Å².